The molecule has 0 aliphatic rings. The summed E-state index contributed by atoms with van der Waals surface area (Å²) >= 11 is 1.61. The Labute approximate surface area is 112 Å². The molecule has 0 radical (unpaired) electrons. The van der Waals surface area contributed by atoms with Crippen molar-refractivity contribution in [2.75, 3.05) is 6.61 Å². The summed E-state index contributed by atoms with van der Waals surface area (Å²) in [5.74, 6) is 0.413. The van der Waals surface area contributed by atoms with E-state index in [0.717, 1.165) is 23.5 Å². The first-order valence-electron chi connectivity index (χ1n) is 6.37. The predicted octanol–water partition coefficient (Wildman–Crippen LogP) is 2.09. The van der Waals surface area contributed by atoms with Crippen molar-refractivity contribution < 1.29 is 9.90 Å². The van der Waals surface area contributed by atoms with E-state index in [4.69, 9.17) is 5.11 Å². The summed E-state index contributed by atoms with van der Waals surface area (Å²) in [7, 11) is 0. The van der Waals surface area contributed by atoms with Gasteiger partial charge in [-0.15, -0.1) is 11.3 Å². The fourth-order valence-electron chi connectivity index (χ4n) is 1.63. The molecular formula is C13H22N2O2S. The fraction of sp³-hybridized carbons (Fsp3) is 0.692. The Morgan fingerprint density at radius 1 is 1.50 bits per heavy atom. The maximum absolute atomic E-state index is 11.8. The third-order valence-electron chi connectivity index (χ3n) is 2.61. The van der Waals surface area contributed by atoms with Crippen LogP contribution < -0.4 is 5.32 Å². The summed E-state index contributed by atoms with van der Waals surface area (Å²) in [6, 6.07) is 0.104. The average molecular weight is 270 g/mol. The minimum Gasteiger partial charge on any atom is -0.396 e. The fourth-order valence-corrected chi connectivity index (χ4v) is 2.46. The van der Waals surface area contributed by atoms with Crippen LogP contribution in [0.4, 0.5) is 0 Å². The maximum atomic E-state index is 11.8. The van der Waals surface area contributed by atoms with E-state index in [9.17, 15) is 4.79 Å². The van der Waals surface area contributed by atoms with E-state index in [1.807, 2.05) is 12.3 Å². The van der Waals surface area contributed by atoms with E-state index < -0.39 is 0 Å². The SMILES string of the molecule is CC(CCCO)NC(=O)Cc1csc(C(C)C)n1. The van der Waals surface area contributed by atoms with Crippen LogP contribution in [0.5, 0.6) is 0 Å². The molecule has 0 spiro atoms. The van der Waals surface area contributed by atoms with Gasteiger partial charge in [0.15, 0.2) is 0 Å². The Bertz CT molecular complexity index is 377. The second-order valence-corrected chi connectivity index (χ2v) is 5.73. The molecule has 4 nitrogen and oxygen atoms in total. The zero-order chi connectivity index (χ0) is 13.5. The monoisotopic (exact) mass is 270 g/mol. The van der Waals surface area contributed by atoms with Crippen molar-refractivity contribution in [3.8, 4) is 0 Å². The van der Waals surface area contributed by atoms with E-state index in [1.165, 1.54) is 0 Å². The van der Waals surface area contributed by atoms with Crippen molar-refractivity contribution in [3.05, 3.63) is 16.1 Å². The van der Waals surface area contributed by atoms with Crippen LogP contribution in [0.25, 0.3) is 0 Å². The molecule has 1 atom stereocenters. The number of thiazole rings is 1. The summed E-state index contributed by atoms with van der Waals surface area (Å²) in [6.45, 7) is 6.32. The first-order valence-corrected chi connectivity index (χ1v) is 7.25. The lowest BCUT2D eigenvalue weighted by atomic mass is 10.2. The third kappa shape index (κ3) is 5.14. The van der Waals surface area contributed by atoms with Crippen LogP contribution in [0.2, 0.25) is 0 Å². The van der Waals surface area contributed by atoms with Gasteiger partial charge < -0.3 is 10.4 Å². The van der Waals surface area contributed by atoms with Gasteiger partial charge in [-0.25, -0.2) is 4.98 Å². The molecule has 0 aromatic carbocycles. The number of carbonyl (C=O) groups is 1. The first kappa shape index (κ1) is 15.1. The standard InChI is InChI=1S/C13H22N2O2S/c1-9(2)13-15-11(8-18-13)7-12(17)14-10(3)5-4-6-16/h8-10,16H,4-7H2,1-3H3,(H,14,17). The Morgan fingerprint density at radius 2 is 2.22 bits per heavy atom. The Balaban J connectivity index is 2.39. The number of amides is 1. The van der Waals surface area contributed by atoms with Crippen molar-refractivity contribution in [1.82, 2.24) is 10.3 Å². The highest BCUT2D eigenvalue weighted by atomic mass is 32.1. The molecule has 1 rings (SSSR count). The Kier molecular flexibility index (Phi) is 6.29. The van der Waals surface area contributed by atoms with Crippen LogP contribution >= 0.6 is 11.3 Å². The number of rotatable bonds is 7. The number of aliphatic hydroxyl groups excluding tert-OH is 1. The molecule has 0 saturated carbocycles. The molecule has 1 amide bonds. The summed E-state index contributed by atoms with van der Waals surface area (Å²) in [5, 5.41) is 14.7. The van der Waals surface area contributed by atoms with Gasteiger partial charge in [-0.1, -0.05) is 13.8 Å². The summed E-state index contributed by atoms with van der Waals surface area (Å²) in [5.41, 5.74) is 0.843. The van der Waals surface area contributed by atoms with Crippen LogP contribution in [0, 0.1) is 0 Å². The molecular weight excluding hydrogens is 248 g/mol. The predicted molar refractivity (Wildman–Crippen MR) is 73.8 cm³/mol. The van der Waals surface area contributed by atoms with E-state index in [0.29, 0.717) is 12.3 Å². The second-order valence-electron chi connectivity index (χ2n) is 4.84. The van der Waals surface area contributed by atoms with Crippen LogP contribution in [-0.2, 0) is 11.2 Å². The summed E-state index contributed by atoms with van der Waals surface area (Å²) in [4.78, 5) is 16.2. The number of aromatic nitrogens is 1. The normalized spacial score (nSPS) is 12.7. The number of nitrogens with one attached hydrogen (secondary N) is 1. The minimum atomic E-state index is 0.000968. The molecule has 5 heteroatoms. The lowest BCUT2D eigenvalue weighted by Crippen LogP contribution is -2.33. The van der Waals surface area contributed by atoms with Gasteiger partial charge in [0, 0.05) is 23.9 Å². The lowest BCUT2D eigenvalue weighted by molar-refractivity contribution is -0.121. The van der Waals surface area contributed by atoms with Crippen molar-refractivity contribution in [2.24, 2.45) is 0 Å². The Morgan fingerprint density at radius 3 is 2.78 bits per heavy atom. The van der Waals surface area contributed by atoms with E-state index in [2.05, 4.69) is 24.1 Å². The molecule has 0 bridgehead atoms. The van der Waals surface area contributed by atoms with Crippen molar-refractivity contribution in [1.29, 1.82) is 0 Å². The zero-order valence-corrected chi connectivity index (χ0v) is 12.1. The van der Waals surface area contributed by atoms with Gasteiger partial charge in [0.1, 0.15) is 0 Å². The molecule has 0 aliphatic carbocycles. The van der Waals surface area contributed by atoms with Crippen LogP contribution in [-0.4, -0.2) is 28.6 Å². The van der Waals surface area contributed by atoms with Gasteiger partial charge in [-0.3, -0.25) is 4.79 Å². The van der Waals surface area contributed by atoms with E-state index >= 15 is 0 Å². The molecule has 1 unspecified atom stereocenters. The van der Waals surface area contributed by atoms with E-state index in [-0.39, 0.29) is 18.6 Å². The van der Waals surface area contributed by atoms with Gasteiger partial charge in [-0.2, -0.15) is 0 Å². The van der Waals surface area contributed by atoms with Crippen molar-refractivity contribution in [3.63, 3.8) is 0 Å². The van der Waals surface area contributed by atoms with Gasteiger partial charge in [0.25, 0.3) is 0 Å². The molecule has 0 aliphatic heterocycles. The van der Waals surface area contributed by atoms with Crippen LogP contribution in [0.15, 0.2) is 5.38 Å². The van der Waals surface area contributed by atoms with Crippen LogP contribution in [0.1, 0.15) is 50.2 Å². The van der Waals surface area contributed by atoms with Gasteiger partial charge in [0.05, 0.1) is 17.1 Å². The molecule has 0 saturated heterocycles. The first-order chi connectivity index (χ1) is 8.52. The molecule has 2 N–H and O–H groups in total. The van der Waals surface area contributed by atoms with Crippen molar-refractivity contribution in [2.45, 2.75) is 52.0 Å². The molecule has 1 aromatic heterocycles. The summed E-state index contributed by atoms with van der Waals surface area (Å²) < 4.78 is 0. The Hall–Kier alpha value is -0.940. The largest absolute Gasteiger partial charge is 0.396 e. The molecule has 1 aromatic rings. The smallest absolute Gasteiger partial charge is 0.226 e. The number of hydrogen-bond acceptors (Lipinski definition) is 4. The third-order valence-corrected chi connectivity index (χ3v) is 3.80. The number of hydrogen-bond donors (Lipinski definition) is 2. The number of nitrogens with zero attached hydrogens (tertiary/aromatic N) is 1. The number of aliphatic hydroxyl groups is 1. The topological polar surface area (TPSA) is 62.2 Å². The lowest BCUT2D eigenvalue weighted by Gasteiger charge is -2.12. The maximum Gasteiger partial charge on any atom is 0.226 e. The quantitative estimate of drug-likeness (QED) is 0.797. The highest BCUT2D eigenvalue weighted by Crippen LogP contribution is 2.19. The van der Waals surface area contributed by atoms with E-state index in [1.54, 1.807) is 11.3 Å². The average Bonchev–Trinajstić information content (AvgIpc) is 2.74. The highest BCUT2D eigenvalue weighted by Gasteiger charge is 2.11. The molecule has 1 heterocycles. The zero-order valence-electron chi connectivity index (χ0n) is 11.3. The van der Waals surface area contributed by atoms with Crippen molar-refractivity contribution >= 4 is 17.2 Å². The van der Waals surface area contributed by atoms with Gasteiger partial charge in [0.2, 0.25) is 5.91 Å². The summed E-state index contributed by atoms with van der Waals surface area (Å²) in [6.07, 6.45) is 1.86. The molecule has 102 valence electrons. The second kappa shape index (κ2) is 7.48. The highest BCUT2D eigenvalue weighted by molar-refractivity contribution is 7.09. The van der Waals surface area contributed by atoms with Crippen LogP contribution in [0.3, 0.4) is 0 Å². The minimum absolute atomic E-state index is 0.000968. The molecule has 18 heavy (non-hydrogen) atoms. The number of carbonyl (C=O) groups excluding carboxylic acids is 1. The van der Waals surface area contributed by atoms with Gasteiger partial charge in [-0.05, 0) is 19.8 Å². The van der Waals surface area contributed by atoms with Gasteiger partial charge >= 0.3 is 0 Å². The molecule has 0 fully saturated rings.